The number of imide groups is 1. The first-order valence-corrected chi connectivity index (χ1v) is 10.4. The summed E-state index contributed by atoms with van der Waals surface area (Å²) in [5.74, 6) is -0.297. The first-order chi connectivity index (χ1) is 14.0. The Morgan fingerprint density at radius 2 is 1.62 bits per heavy atom. The highest BCUT2D eigenvalue weighted by Gasteiger charge is 2.29. The van der Waals surface area contributed by atoms with Crippen molar-refractivity contribution in [1.82, 2.24) is 4.90 Å². The number of amides is 3. The van der Waals surface area contributed by atoms with Crippen molar-refractivity contribution in [2.24, 2.45) is 0 Å². The number of carbonyl (C=O) groups excluding carboxylic acids is 4. The van der Waals surface area contributed by atoms with E-state index >= 15 is 0 Å². The van der Waals surface area contributed by atoms with Crippen LogP contribution in [0, 0.1) is 0 Å². The number of aryl methyl sites for hydroxylation is 1. The second-order valence-corrected chi connectivity index (χ2v) is 7.68. The number of nitrogens with one attached hydrogen (secondary N) is 1. The van der Waals surface area contributed by atoms with Crippen molar-refractivity contribution in [3.8, 4) is 0 Å². The SMILES string of the molecule is CCc1ccc(C(=O)CCC(=O)Nc2ccc(CN3C(=O)CSC3=O)cc2)cc1. The molecule has 7 heteroatoms. The fourth-order valence-corrected chi connectivity index (χ4v) is 3.66. The molecule has 1 heterocycles. The maximum atomic E-state index is 12.2. The van der Waals surface area contributed by atoms with Gasteiger partial charge in [0.05, 0.1) is 12.3 Å². The molecule has 1 aliphatic rings. The summed E-state index contributed by atoms with van der Waals surface area (Å²) < 4.78 is 0. The molecular weight excluding hydrogens is 388 g/mol. The predicted octanol–water partition coefficient (Wildman–Crippen LogP) is 4.05. The van der Waals surface area contributed by atoms with Crippen molar-refractivity contribution in [2.45, 2.75) is 32.7 Å². The van der Waals surface area contributed by atoms with Crippen LogP contribution in [0.4, 0.5) is 10.5 Å². The normalized spacial score (nSPS) is 13.6. The number of hydrogen-bond acceptors (Lipinski definition) is 5. The van der Waals surface area contributed by atoms with Gasteiger partial charge in [-0.3, -0.25) is 24.1 Å². The Balaban J connectivity index is 1.48. The summed E-state index contributed by atoms with van der Waals surface area (Å²) in [4.78, 5) is 48.9. The Kier molecular flexibility index (Phi) is 6.82. The van der Waals surface area contributed by atoms with Crippen molar-refractivity contribution in [2.75, 3.05) is 11.1 Å². The summed E-state index contributed by atoms with van der Waals surface area (Å²) >= 11 is 1.01. The average Bonchev–Trinajstić information content (AvgIpc) is 3.05. The summed E-state index contributed by atoms with van der Waals surface area (Å²) in [6.45, 7) is 2.28. The molecule has 2 aromatic carbocycles. The Labute approximate surface area is 173 Å². The van der Waals surface area contributed by atoms with E-state index in [2.05, 4.69) is 12.2 Å². The number of rotatable bonds is 8. The second kappa shape index (κ2) is 9.52. The smallest absolute Gasteiger partial charge is 0.289 e. The summed E-state index contributed by atoms with van der Waals surface area (Å²) in [7, 11) is 0. The van der Waals surface area contributed by atoms with Gasteiger partial charge in [0.15, 0.2) is 5.78 Å². The lowest BCUT2D eigenvalue weighted by Crippen LogP contribution is -2.27. The quantitative estimate of drug-likeness (QED) is 0.664. The molecule has 0 radical (unpaired) electrons. The lowest BCUT2D eigenvalue weighted by Gasteiger charge is -2.13. The number of Topliss-reactive ketones (excluding diaryl/α,β-unsaturated/α-hetero) is 1. The van der Waals surface area contributed by atoms with Crippen LogP contribution >= 0.6 is 11.8 Å². The number of ketones is 1. The van der Waals surface area contributed by atoms with Gasteiger partial charge >= 0.3 is 0 Å². The number of benzene rings is 2. The molecule has 1 fully saturated rings. The molecule has 0 aromatic heterocycles. The van der Waals surface area contributed by atoms with Gasteiger partial charge in [-0.15, -0.1) is 0 Å². The van der Waals surface area contributed by atoms with Crippen LogP contribution in [0.25, 0.3) is 0 Å². The fraction of sp³-hybridized carbons (Fsp3) is 0.273. The van der Waals surface area contributed by atoms with Gasteiger partial charge in [0.25, 0.3) is 5.24 Å². The van der Waals surface area contributed by atoms with Crippen molar-refractivity contribution >= 4 is 40.3 Å². The minimum atomic E-state index is -0.238. The molecule has 0 atom stereocenters. The van der Waals surface area contributed by atoms with Crippen LogP contribution < -0.4 is 5.32 Å². The molecule has 1 N–H and O–H groups in total. The highest BCUT2D eigenvalue weighted by atomic mass is 32.2. The molecule has 1 saturated heterocycles. The molecule has 3 rings (SSSR count). The van der Waals surface area contributed by atoms with Crippen LogP contribution in [0.5, 0.6) is 0 Å². The number of nitrogens with zero attached hydrogens (tertiary/aromatic N) is 1. The third-order valence-corrected chi connectivity index (χ3v) is 5.54. The highest BCUT2D eigenvalue weighted by Crippen LogP contribution is 2.22. The van der Waals surface area contributed by atoms with Gasteiger partial charge in [-0.25, -0.2) is 0 Å². The molecule has 2 aromatic rings. The minimum Gasteiger partial charge on any atom is -0.326 e. The van der Waals surface area contributed by atoms with Crippen LogP contribution in [0.15, 0.2) is 48.5 Å². The number of thioether (sulfide) groups is 1. The predicted molar refractivity (Wildman–Crippen MR) is 113 cm³/mol. The summed E-state index contributed by atoms with van der Waals surface area (Å²) in [6, 6.07) is 14.4. The Hall–Kier alpha value is -2.93. The maximum absolute atomic E-state index is 12.2. The zero-order valence-electron chi connectivity index (χ0n) is 16.1. The van der Waals surface area contributed by atoms with Crippen molar-refractivity contribution in [3.05, 3.63) is 65.2 Å². The largest absolute Gasteiger partial charge is 0.326 e. The van der Waals surface area contributed by atoms with E-state index in [0.29, 0.717) is 11.3 Å². The van der Waals surface area contributed by atoms with Gasteiger partial charge in [0, 0.05) is 24.1 Å². The molecule has 0 bridgehead atoms. The molecule has 0 saturated carbocycles. The number of carbonyl (C=O) groups is 4. The third kappa shape index (κ3) is 5.54. The van der Waals surface area contributed by atoms with Gasteiger partial charge < -0.3 is 5.32 Å². The van der Waals surface area contributed by atoms with E-state index in [0.717, 1.165) is 23.7 Å². The average molecular weight is 410 g/mol. The standard InChI is InChI=1S/C22H22N2O4S/c1-2-15-3-7-17(8-4-15)19(25)11-12-20(26)23-18-9-5-16(6-10-18)13-24-21(27)14-29-22(24)28/h3-10H,2,11-14H2,1H3,(H,23,26). The first kappa shape index (κ1) is 20.8. The van der Waals surface area contributed by atoms with Gasteiger partial charge in [0.1, 0.15) is 0 Å². The van der Waals surface area contributed by atoms with E-state index in [1.807, 2.05) is 12.1 Å². The van der Waals surface area contributed by atoms with Crippen LogP contribution in [0.2, 0.25) is 0 Å². The lowest BCUT2D eigenvalue weighted by atomic mass is 10.0. The zero-order chi connectivity index (χ0) is 20.8. The molecule has 29 heavy (non-hydrogen) atoms. The molecular formula is C22H22N2O4S. The second-order valence-electron chi connectivity index (χ2n) is 6.75. The summed E-state index contributed by atoms with van der Waals surface area (Å²) in [5, 5.41) is 2.53. The van der Waals surface area contributed by atoms with E-state index in [9.17, 15) is 19.2 Å². The van der Waals surface area contributed by atoms with Crippen molar-refractivity contribution in [3.63, 3.8) is 0 Å². The fourth-order valence-electron chi connectivity index (χ4n) is 2.93. The molecule has 0 unspecified atom stereocenters. The Morgan fingerprint density at radius 1 is 0.966 bits per heavy atom. The monoisotopic (exact) mass is 410 g/mol. The molecule has 0 aliphatic carbocycles. The van der Waals surface area contributed by atoms with Gasteiger partial charge in [-0.05, 0) is 29.7 Å². The molecule has 1 aliphatic heterocycles. The van der Waals surface area contributed by atoms with Crippen LogP contribution in [-0.4, -0.2) is 33.5 Å². The van der Waals surface area contributed by atoms with Crippen LogP contribution in [-0.2, 0) is 22.6 Å². The highest BCUT2D eigenvalue weighted by molar-refractivity contribution is 8.14. The van der Waals surface area contributed by atoms with Crippen LogP contribution in [0.3, 0.4) is 0 Å². The Bertz CT molecular complexity index is 907. The van der Waals surface area contributed by atoms with Gasteiger partial charge in [-0.1, -0.05) is 55.1 Å². The lowest BCUT2D eigenvalue weighted by molar-refractivity contribution is -0.125. The molecule has 150 valence electrons. The molecule has 0 spiro atoms. The van der Waals surface area contributed by atoms with E-state index in [1.54, 1.807) is 36.4 Å². The first-order valence-electron chi connectivity index (χ1n) is 9.44. The van der Waals surface area contributed by atoms with Gasteiger partial charge in [0.2, 0.25) is 11.8 Å². The summed E-state index contributed by atoms with van der Waals surface area (Å²) in [6.07, 6.45) is 1.16. The van der Waals surface area contributed by atoms with Crippen molar-refractivity contribution < 1.29 is 19.2 Å². The Morgan fingerprint density at radius 3 is 2.21 bits per heavy atom. The van der Waals surface area contributed by atoms with E-state index in [4.69, 9.17) is 0 Å². The molecule has 3 amide bonds. The van der Waals surface area contributed by atoms with Crippen LogP contribution in [0.1, 0.15) is 41.3 Å². The van der Waals surface area contributed by atoms with Crippen molar-refractivity contribution in [1.29, 1.82) is 0 Å². The third-order valence-electron chi connectivity index (χ3n) is 4.68. The topological polar surface area (TPSA) is 83.6 Å². The minimum absolute atomic E-state index is 0.0593. The van der Waals surface area contributed by atoms with Gasteiger partial charge in [-0.2, -0.15) is 0 Å². The van der Waals surface area contributed by atoms with E-state index in [1.165, 1.54) is 10.5 Å². The van der Waals surface area contributed by atoms with E-state index < -0.39 is 0 Å². The number of hydrogen-bond donors (Lipinski definition) is 1. The van der Waals surface area contributed by atoms with E-state index in [-0.39, 0.29) is 48.0 Å². The zero-order valence-corrected chi connectivity index (χ0v) is 17.0. The number of anilines is 1. The maximum Gasteiger partial charge on any atom is 0.289 e. The summed E-state index contributed by atoms with van der Waals surface area (Å²) in [5.41, 5.74) is 3.19. The molecule has 6 nitrogen and oxygen atoms in total.